The van der Waals surface area contributed by atoms with E-state index in [0.717, 1.165) is 25.7 Å². The first-order chi connectivity index (χ1) is 17.9. The molecule has 0 aromatic heterocycles. The maximum atomic E-state index is 2.38. The summed E-state index contributed by atoms with van der Waals surface area (Å²) in [7, 11) is 0. The molecule has 0 aliphatic carbocycles. The fourth-order valence-corrected chi connectivity index (χ4v) is 4.16. The first-order valence-corrected chi connectivity index (χ1v) is 15.8. The monoisotopic (exact) mass is 494 g/mol. The highest BCUT2D eigenvalue weighted by atomic mass is 14.0. The number of allylic oxidation sites excluding steroid dienone is 12. The Hall–Kier alpha value is -1.56. The summed E-state index contributed by atoms with van der Waals surface area (Å²) in [5.74, 6) is 0. The summed E-state index contributed by atoms with van der Waals surface area (Å²) in [6.07, 6.45) is 56.5. The van der Waals surface area contributed by atoms with Crippen molar-refractivity contribution >= 4 is 0 Å². The fraction of sp³-hybridized carbons (Fsp3) is 0.667. The van der Waals surface area contributed by atoms with Crippen LogP contribution in [0.3, 0.4) is 0 Å². The van der Waals surface area contributed by atoms with Gasteiger partial charge in [0.05, 0.1) is 0 Å². The Kier molecular flexibility index (Phi) is 32.0. The van der Waals surface area contributed by atoms with Gasteiger partial charge in [0.2, 0.25) is 0 Å². The number of unbranched alkanes of at least 4 members (excludes halogenated alkanes) is 15. The molecular weight excluding hydrogens is 432 g/mol. The van der Waals surface area contributed by atoms with Gasteiger partial charge in [-0.2, -0.15) is 0 Å². The van der Waals surface area contributed by atoms with Crippen LogP contribution in [-0.2, 0) is 0 Å². The van der Waals surface area contributed by atoms with Crippen molar-refractivity contribution in [1.29, 1.82) is 0 Å². The molecule has 0 amide bonds. The van der Waals surface area contributed by atoms with Gasteiger partial charge in [-0.25, -0.2) is 0 Å². The Morgan fingerprint density at radius 3 is 0.750 bits per heavy atom. The summed E-state index contributed by atoms with van der Waals surface area (Å²) in [5, 5.41) is 0. The molecule has 0 bridgehead atoms. The van der Waals surface area contributed by atoms with Crippen molar-refractivity contribution in [2.75, 3.05) is 0 Å². The van der Waals surface area contributed by atoms with E-state index in [0.29, 0.717) is 0 Å². The second kappa shape index (κ2) is 33.4. The first kappa shape index (κ1) is 34.4. The average molecular weight is 495 g/mol. The number of rotatable bonds is 27. The van der Waals surface area contributed by atoms with E-state index in [1.807, 2.05) is 0 Å². The molecule has 0 aliphatic heterocycles. The zero-order chi connectivity index (χ0) is 26.0. The van der Waals surface area contributed by atoms with Crippen molar-refractivity contribution in [3.63, 3.8) is 0 Å². The highest BCUT2D eigenvalue weighted by Gasteiger charge is 1.91. The SMILES string of the molecule is CCCCCC=CCC=CCC=CCCCCCCCCCCC=CCC=CCC=CCCCCC. The van der Waals surface area contributed by atoms with Gasteiger partial charge in [0.1, 0.15) is 0 Å². The molecule has 0 atom stereocenters. The molecule has 0 heterocycles. The molecule has 0 radical (unpaired) electrons. The third-order valence-electron chi connectivity index (χ3n) is 6.53. The van der Waals surface area contributed by atoms with Crippen molar-refractivity contribution in [1.82, 2.24) is 0 Å². The number of hydrogen-bond donors (Lipinski definition) is 0. The van der Waals surface area contributed by atoms with E-state index in [9.17, 15) is 0 Å². The van der Waals surface area contributed by atoms with Gasteiger partial charge in [0, 0.05) is 0 Å². The minimum Gasteiger partial charge on any atom is -0.0882 e. The number of hydrogen-bond acceptors (Lipinski definition) is 0. The zero-order valence-corrected chi connectivity index (χ0v) is 24.5. The van der Waals surface area contributed by atoms with Crippen LogP contribution in [-0.4, -0.2) is 0 Å². The van der Waals surface area contributed by atoms with Gasteiger partial charge >= 0.3 is 0 Å². The molecule has 0 rings (SSSR count). The largest absolute Gasteiger partial charge is 0.0882 e. The van der Waals surface area contributed by atoms with Gasteiger partial charge < -0.3 is 0 Å². The Morgan fingerprint density at radius 2 is 0.472 bits per heavy atom. The van der Waals surface area contributed by atoms with Crippen LogP contribution in [0.1, 0.15) is 155 Å². The summed E-state index contributed by atoms with van der Waals surface area (Å²) < 4.78 is 0. The van der Waals surface area contributed by atoms with Crippen LogP contribution in [0.4, 0.5) is 0 Å². The molecule has 0 aliphatic rings. The molecule has 0 fully saturated rings. The van der Waals surface area contributed by atoms with Gasteiger partial charge in [-0.15, -0.1) is 0 Å². The quantitative estimate of drug-likeness (QED) is 0.0786. The standard InChI is InChI=1S/C36H62/c1-3-5-7-9-11-13-15-17-19-21-23-25-27-29-31-33-35-36-34-32-30-28-26-24-22-20-18-16-14-12-10-8-6-4-2/h11-14,17-20,23-26H,3-10,15-16,21-22,27-36H2,1-2H3. The van der Waals surface area contributed by atoms with Crippen LogP contribution in [0.15, 0.2) is 72.9 Å². The van der Waals surface area contributed by atoms with E-state index in [-0.39, 0.29) is 0 Å². The molecule has 206 valence electrons. The van der Waals surface area contributed by atoms with Crippen LogP contribution in [0.5, 0.6) is 0 Å². The van der Waals surface area contributed by atoms with Crippen molar-refractivity contribution in [3.8, 4) is 0 Å². The molecule has 0 aromatic rings. The summed E-state index contributed by atoms with van der Waals surface area (Å²) in [6, 6.07) is 0. The van der Waals surface area contributed by atoms with E-state index in [2.05, 4.69) is 86.8 Å². The smallest absolute Gasteiger partial charge is 0.0169 e. The van der Waals surface area contributed by atoms with E-state index in [1.54, 1.807) is 0 Å². The third-order valence-corrected chi connectivity index (χ3v) is 6.53. The van der Waals surface area contributed by atoms with Crippen LogP contribution in [0.2, 0.25) is 0 Å². The van der Waals surface area contributed by atoms with E-state index in [4.69, 9.17) is 0 Å². The van der Waals surface area contributed by atoms with Gasteiger partial charge in [0.15, 0.2) is 0 Å². The second-order valence-corrected chi connectivity index (χ2v) is 10.2. The molecule has 0 saturated carbocycles. The summed E-state index contributed by atoms with van der Waals surface area (Å²) in [6.45, 7) is 4.53. The molecule has 0 nitrogen and oxygen atoms in total. The lowest BCUT2D eigenvalue weighted by Gasteiger charge is -2.00. The third kappa shape index (κ3) is 32.4. The molecule has 0 N–H and O–H groups in total. The molecule has 0 spiro atoms. The van der Waals surface area contributed by atoms with E-state index in [1.165, 1.54) is 116 Å². The Morgan fingerprint density at radius 1 is 0.250 bits per heavy atom. The lowest BCUT2D eigenvalue weighted by molar-refractivity contribution is 0.571. The lowest BCUT2D eigenvalue weighted by Crippen LogP contribution is -1.81. The van der Waals surface area contributed by atoms with E-state index < -0.39 is 0 Å². The van der Waals surface area contributed by atoms with Crippen molar-refractivity contribution < 1.29 is 0 Å². The van der Waals surface area contributed by atoms with Gasteiger partial charge in [-0.3, -0.25) is 0 Å². The lowest BCUT2D eigenvalue weighted by atomic mass is 10.1. The van der Waals surface area contributed by atoms with Crippen molar-refractivity contribution in [2.24, 2.45) is 0 Å². The van der Waals surface area contributed by atoms with Crippen LogP contribution >= 0.6 is 0 Å². The summed E-state index contributed by atoms with van der Waals surface area (Å²) in [4.78, 5) is 0. The van der Waals surface area contributed by atoms with Gasteiger partial charge in [0.25, 0.3) is 0 Å². The van der Waals surface area contributed by atoms with Gasteiger partial charge in [-0.05, 0) is 77.0 Å². The van der Waals surface area contributed by atoms with Crippen LogP contribution in [0, 0.1) is 0 Å². The minimum absolute atomic E-state index is 1.09. The molecule has 0 heteroatoms. The highest BCUT2D eigenvalue weighted by Crippen LogP contribution is 2.11. The normalized spacial score (nSPS) is 12.8. The molecular formula is C36H62. The average Bonchev–Trinajstić information content (AvgIpc) is 2.89. The maximum absolute atomic E-state index is 2.38. The predicted octanol–water partition coefficient (Wildman–Crippen LogP) is 12.9. The zero-order valence-electron chi connectivity index (χ0n) is 24.5. The van der Waals surface area contributed by atoms with Crippen LogP contribution in [0.25, 0.3) is 0 Å². The predicted molar refractivity (Wildman–Crippen MR) is 168 cm³/mol. The molecule has 0 aromatic carbocycles. The summed E-state index contributed by atoms with van der Waals surface area (Å²) >= 11 is 0. The van der Waals surface area contributed by atoms with E-state index >= 15 is 0 Å². The Bertz CT molecular complexity index is 517. The Labute approximate surface area is 227 Å². The second-order valence-electron chi connectivity index (χ2n) is 10.2. The fourth-order valence-electron chi connectivity index (χ4n) is 4.16. The van der Waals surface area contributed by atoms with Crippen LogP contribution < -0.4 is 0 Å². The topological polar surface area (TPSA) is 0 Å². The maximum Gasteiger partial charge on any atom is -0.0169 e. The van der Waals surface area contributed by atoms with Gasteiger partial charge in [-0.1, -0.05) is 151 Å². The van der Waals surface area contributed by atoms with Crippen molar-refractivity contribution in [2.45, 2.75) is 155 Å². The highest BCUT2D eigenvalue weighted by molar-refractivity contribution is 4.98. The molecule has 0 unspecified atom stereocenters. The first-order valence-electron chi connectivity index (χ1n) is 15.8. The molecule has 36 heavy (non-hydrogen) atoms. The Balaban J connectivity index is 3.29. The summed E-state index contributed by atoms with van der Waals surface area (Å²) in [5.41, 5.74) is 0. The minimum atomic E-state index is 1.09. The van der Waals surface area contributed by atoms with Crippen molar-refractivity contribution in [3.05, 3.63) is 72.9 Å². The molecule has 0 saturated heterocycles.